The standard InChI is InChI=1S/C27H25BrO4S2/c1-30-20-11-23(21-8-9-33-24(21)12-20)27-26(28)18(15-34-27)14-32-19-5-3-4-17(10-19)22(16-6-7-16)13-25(29)31-2/h3-5,8-12,15-16,22H,6-7,13-14H2,1-2H3. The lowest BCUT2D eigenvalue weighted by molar-refractivity contribution is -0.141. The lowest BCUT2D eigenvalue weighted by Crippen LogP contribution is -2.10. The van der Waals surface area contributed by atoms with E-state index in [0.29, 0.717) is 18.9 Å². The Hall–Kier alpha value is -2.35. The highest BCUT2D eigenvalue weighted by molar-refractivity contribution is 9.10. The first kappa shape index (κ1) is 23.4. The van der Waals surface area contributed by atoms with Gasteiger partial charge < -0.3 is 14.2 Å². The average molecular weight is 558 g/mol. The van der Waals surface area contributed by atoms with E-state index >= 15 is 0 Å². The number of rotatable bonds is 9. The summed E-state index contributed by atoms with van der Waals surface area (Å²) >= 11 is 7.24. The third-order valence-electron chi connectivity index (χ3n) is 6.31. The fraction of sp³-hybridized carbons (Fsp3) is 0.296. The number of ether oxygens (including phenoxy) is 3. The summed E-state index contributed by atoms with van der Waals surface area (Å²) < 4.78 is 18.9. The zero-order chi connectivity index (χ0) is 23.7. The first-order chi connectivity index (χ1) is 16.6. The molecule has 2 heterocycles. The van der Waals surface area contributed by atoms with E-state index in [9.17, 15) is 4.79 Å². The molecule has 4 nitrogen and oxygen atoms in total. The van der Waals surface area contributed by atoms with Gasteiger partial charge >= 0.3 is 5.97 Å². The third kappa shape index (κ3) is 4.88. The van der Waals surface area contributed by atoms with E-state index in [0.717, 1.165) is 32.7 Å². The maximum Gasteiger partial charge on any atom is 0.306 e. The van der Waals surface area contributed by atoms with Crippen LogP contribution in [0.5, 0.6) is 11.5 Å². The molecule has 176 valence electrons. The molecular formula is C27H25BrO4S2. The predicted octanol–water partition coefficient (Wildman–Crippen LogP) is 8.04. The summed E-state index contributed by atoms with van der Waals surface area (Å²) in [6, 6.07) is 14.5. The van der Waals surface area contributed by atoms with Gasteiger partial charge in [0.1, 0.15) is 18.1 Å². The van der Waals surface area contributed by atoms with Gasteiger partial charge in [-0.3, -0.25) is 4.79 Å². The van der Waals surface area contributed by atoms with Crippen molar-refractivity contribution in [1.29, 1.82) is 0 Å². The number of hydrogen-bond acceptors (Lipinski definition) is 6. The van der Waals surface area contributed by atoms with Crippen LogP contribution in [0.4, 0.5) is 0 Å². The van der Waals surface area contributed by atoms with Crippen molar-refractivity contribution < 1.29 is 19.0 Å². The summed E-state index contributed by atoms with van der Waals surface area (Å²) in [6.07, 6.45) is 2.75. The first-order valence-corrected chi connectivity index (χ1v) is 13.7. The summed E-state index contributed by atoms with van der Waals surface area (Å²) in [5.41, 5.74) is 3.41. The van der Waals surface area contributed by atoms with Crippen LogP contribution in [0.25, 0.3) is 20.5 Å². The van der Waals surface area contributed by atoms with E-state index in [1.807, 2.05) is 12.1 Å². The van der Waals surface area contributed by atoms with Crippen LogP contribution in [0, 0.1) is 5.92 Å². The Balaban J connectivity index is 1.35. The molecule has 2 aromatic carbocycles. The smallest absolute Gasteiger partial charge is 0.306 e. The van der Waals surface area contributed by atoms with Crippen molar-refractivity contribution in [3.8, 4) is 21.9 Å². The highest BCUT2D eigenvalue weighted by atomic mass is 79.9. The number of methoxy groups -OCH3 is 2. The Morgan fingerprint density at radius 2 is 1.97 bits per heavy atom. The zero-order valence-electron chi connectivity index (χ0n) is 19.0. The second kappa shape index (κ2) is 10.1. The molecule has 1 atom stereocenters. The van der Waals surface area contributed by atoms with Crippen LogP contribution in [-0.2, 0) is 16.1 Å². The minimum atomic E-state index is -0.157. The van der Waals surface area contributed by atoms with E-state index < -0.39 is 0 Å². The largest absolute Gasteiger partial charge is 0.497 e. The quantitative estimate of drug-likeness (QED) is 0.196. The molecule has 1 saturated carbocycles. The molecule has 1 unspecified atom stereocenters. The molecule has 1 fully saturated rings. The second-order valence-corrected chi connectivity index (χ2v) is 11.1. The van der Waals surface area contributed by atoms with Gasteiger partial charge in [0, 0.05) is 30.6 Å². The van der Waals surface area contributed by atoms with Gasteiger partial charge in [-0.1, -0.05) is 12.1 Å². The van der Waals surface area contributed by atoms with Crippen molar-refractivity contribution >= 4 is 54.7 Å². The second-order valence-electron chi connectivity index (χ2n) is 8.50. The van der Waals surface area contributed by atoms with Gasteiger partial charge in [-0.2, -0.15) is 0 Å². The molecule has 5 rings (SSSR count). The van der Waals surface area contributed by atoms with Gasteiger partial charge in [-0.25, -0.2) is 0 Å². The summed E-state index contributed by atoms with van der Waals surface area (Å²) in [5, 5.41) is 5.48. The Labute approximate surface area is 215 Å². The van der Waals surface area contributed by atoms with E-state index in [2.05, 4.69) is 57.0 Å². The van der Waals surface area contributed by atoms with Crippen molar-refractivity contribution in [3.63, 3.8) is 0 Å². The molecule has 34 heavy (non-hydrogen) atoms. The lowest BCUT2D eigenvalue weighted by Gasteiger charge is -2.16. The Morgan fingerprint density at radius 1 is 1.12 bits per heavy atom. The SMILES string of the molecule is COC(=O)CC(c1cccc(OCc2csc(-c3cc(OC)cc4sccc34)c2Br)c1)C1CC1. The van der Waals surface area contributed by atoms with Crippen molar-refractivity contribution in [1.82, 2.24) is 0 Å². The van der Waals surface area contributed by atoms with E-state index in [1.165, 1.54) is 34.9 Å². The van der Waals surface area contributed by atoms with Gasteiger partial charge in [-0.05, 0) is 87.3 Å². The van der Waals surface area contributed by atoms with Crippen LogP contribution in [0.3, 0.4) is 0 Å². The van der Waals surface area contributed by atoms with Crippen LogP contribution in [0.15, 0.2) is 57.7 Å². The normalized spacial score (nSPS) is 14.2. The molecule has 2 aromatic heterocycles. The van der Waals surface area contributed by atoms with Crippen molar-refractivity contribution in [2.75, 3.05) is 14.2 Å². The monoisotopic (exact) mass is 556 g/mol. The number of esters is 1. The molecule has 4 aromatic rings. The molecule has 0 saturated heterocycles. The minimum Gasteiger partial charge on any atom is -0.497 e. The Morgan fingerprint density at radius 3 is 2.74 bits per heavy atom. The number of benzene rings is 2. The topological polar surface area (TPSA) is 44.8 Å². The maximum absolute atomic E-state index is 11.9. The van der Waals surface area contributed by atoms with Crippen LogP contribution < -0.4 is 9.47 Å². The molecule has 0 amide bonds. The molecule has 7 heteroatoms. The summed E-state index contributed by atoms with van der Waals surface area (Å²) in [4.78, 5) is 13.1. The maximum atomic E-state index is 11.9. The number of halogens is 1. The fourth-order valence-corrected chi connectivity index (χ4v) is 7.02. The van der Waals surface area contributed by atoms with Crippen LogP contribution in [0.1, 0.15) is 36.3 Å². The molecule has 1 aliphatic rings. The molecule has 0 bridgehead atoms. The first-order valence-electron chi connectivity index (χ1n) is 11.2. The third-order valence-corrected chi connectivity index (χ3v) is 9.41. The number of carbonyl (C=O) groups excluding carboxylic acids is 1. The van der Waals surface area contributed by atoms with E-state index in [1.54, 1.807) is 29.8 Å². The van der Waals surface area contributed by atoms with Crippen molar-refractivity contribution in [3.05, 3.63) is 68.8 Å². The number of fused-ring (bicyclic) bond motifs is 1. The van der Waals surface area contributed by atoms with Crippen molar-refractivity contribution in [2.24, 2.45) is 5.92 Å². The predicted molar refractivity (Wildman–Crippen MR) is 142 cm³/mol. The summed E-state index contributed by atoms with van der Waals surface area (Å²) in [6.45, 7) is 0.461. The van der Waals surface area contributed by atoms with Gasteiger partial charge in [0.15, 0.2) is 0 Å². The highest BCUT2D eigenvalue weighted by Crippen LogP contribution is 2.46. The summed E-state index contributed by atoms with van der Waals surface area (Å²) in [5.74, 6) is 2.26. The fourth-order valence-electron chi connectivity index (χ4n) is 4.32. The molecule has 0 aliphatic heterocycles. The lowest BCUT2D eigenvalue weighted by atomic mass is 9.91. The zero-order valence-corrected chi connectivity index (χ0v) is 22.2. The minimum absolute atomic E-state index is 0.157. The van der Waals surface area contributed by atoms with Gasteiger partial charge in [0.05, 0.1) is 20.6 Å². The van der Waals surface area contributed by atoms with Gasteiger partial charge in [0.2, 0.25) is 0 Å². The van der Waals surface area contributed by atoms with E-state index in [-0.39, 0.29) is 11.9 Å². The molecule has 0 N–H and O–H groups in total. The molecule has 0 spiro atoms. The molecular weight excluding hydrogens is 532 g/mol. The highest BCUT2D eigenvalue weighted by Gasteiger charge is 2.34. The Bertz CT molecular complexity index is 1320. The Kier molecular flexibility index (Phi) is 6.95. The molecule has 0 radical (unpaired) electrons. The van der Waals surface area contributed by atoms with Crippen molar-refractivity contribution in [2.45, 2.75) is 31.8 Å². The number of thiophene rings is 2. The van der Waals surface area contributed by atoms with Gasteiger partial charge in [0.25, 0.3) is 0 Å². The van der Waals surface area contributed by atoms with Gasteiger partial charge in [-0.15, -0.1) is 22.7 Å². The summed E-state index contributed by atoms with van der Waals surface area (Å²) in [7, 11) is 3.15. The van der Waals surface area contributed by atoms with E-state index in [4.69, 9.17) is 14.2 Å². The number of hydrogen-bond donors (Lipinski definition) is 0. The van der Waals surface area contributed by atoms with Crippen LogP contribution in [0.2, 0.25) is 0 Å². The molecule has 1 aliphatic carbocycles. The average Bonchev–Trinajstić information content (AvgIpc) is 3.47. The van der Waals surface area contributed by atoms with Crippen LogP contribution >= 0.6 is 38.6 Å². The number of carbonyl (C=O) groups is 1. The van der Waals surface area contributed by atoms with Crippen LogP contribution in [-0.4, -0.2) is 20.2 Å².